The molecule has 36 heavy (non-hydrogen) atoms. The summed E-state index contributed by atoms with van der Waals surface area (Å²) in [6.45, 7) is 3.42. The first-order valence-electron chi connectivity index (χ1n) is 13.3. The van der Waals surface area contributed by atoms with Crippen molar-refractivity contribution in [1.82, 2.24) is 9.80 Å². The molecule has 5 rings (SSSR count). The lowest BCUT2D eigenvalue weighted by Crippen LogP contribution is -2.48. The molecular formula is C31H36N2O2S. The molecule has 2 amide bonds. The minimum Gasteiger partial charge on any atom is -0.332 e. The Morgan fingerprint density at radius 1 is 0.889 bits per heavy atom. The zero-order chi connectivity index (χ0) is 24.9. The van der Waals surface area contributed by atoms with Gasteiger partial charge >= 0.3 is 0 Å². The van der Waals surface area contributed by atoms with Gasteiger partial charge in [-0.25, -0.2) is 0 Å². The first-order valence-corrected chi connectivity index (χ1v) is 14.2. The normalized spacial score (nSPS) is 19.6. The number of aryl methyl sites for hydroxylation is 1. The molecule has 2 aliphatic rings. The van der Waals surface area contributed by atoms with Crippen molar-refractivity contribution in [2.45, 2.75) is 70.5 Å². The van der Waals surface area contributed by atoms with E-state index in [2.05, 4.69) is 42.6 Å². The van der Waals surface area contributed by atoms with E-state index in [-0.39, 0.29) is 36.2 Å². The summed E-state index contributed by atoms with van der Waals surface area (Å²) < 4.78 is 0. The number of amides is 2. The summed E-state index contributed by atoms with van der Waals surface area (Å²) in [5, 5.41) is 2.09. The van der Waals surface area contributed by atoms with Crippen molar-refractivity contribution in [1.29, 1.82) is 0 Å². The number of benzene rings is 2. The molecule has 188 valence electrons. The van der Waals surface area contributed by atoms with Crippen molar-refractivity contribution in [3.05, 3.63) is 93.7 Å². The van der Waals surface area contributed by atoms with Gasteiger partial charge in [-0.1, -0.05) is 79.9 Å². The Morgan fingerprint density at radius 3 is 2.25 bits per heavy atom. The van der Waals surface area contributed by atoms with E-state index in [1.807, 2.05) is 46.2 Å². The second-order valence-electron chi connectivity index (χ2n) is 10.4. The van der Waals surface area contributed by atoms with Gasteiger partial charge in [0.25, 0.3) is 0 Å². The second kappa shape index (κ2) is 11.4. The molecule has 2 aliphatic carbocycles. The molecule has 5 heteroatoms. The Kier molecular flexibility index (Phi) is 7.86. The van der Waals surface area contributed by atoms with Gasteiger partial charge in [0, 0.05) is 23.4 Å². The first kappa shape index (κ1) is 24.8. The summed E-state index contributed by atoms with van der Waals surface area (Å²) >= 11 is 1.70. The molecule has 2 fully saturated rings. The fourth-order valence-electron chi connectivity index (χ4n) is 5.55. The summed E-state index contributed by atoms with van der Waals surface area (Å²) in [6, 6.07) is 22.8. The van der Waals surface area contributed by atoms with E-state index in [0.29, 0.717) is 13.1 Å². The van der Waals surface area contributed by atoms with E-state index in [4.69, 9.17) is 0 Å². The Morgan fingerprint density at radius 2 is 1.58 bits per heavy atom. The maximum absolute atomic E-state index is 13.9. The van der Waals surface area contributed by atoms with Gasteiger partial charge in [0.1, 0.15) is 6.54 Å². The quantitative estimate of drug-likeness (QED) is 0.334. The summed E-state index contributed by atoms with van der Waals surface area (Å²) in [7, 11) is 0. The van der Waals surface area contributed by atoms with Crippen molar-refractivity contribution < 1.29 is 9.59 Å². The minimum absolute atomic E-state index is 0.00393. The van der Waals surface area contributed by atoms with Crippen LogP contribution in [-0.2, 0) is 22.7 Å². The highest BCUT2D eigenvalue weighted by Crippen LogP contribution is 2.49. The topological polar surface area (TPSA) is 40.6 Å². The van der Waals surface area contributed by atoms with Crippen molar-refractivity contribution >= 4 is 23.2 Å². The molecule has 0 spiro atoms. The molecular weight excluding hydrogens is 464 g/mol. The molecule has 0 N–H and O–H groups in total. The molecule has 2 unspecified atom stereocenters. The lowest BCUT2D eigenvalue weighted by atomic mass is 9.93. The van der Waals surface area contributed by atoms with Crippen LogP contribution in [0.4, 0.5) is 0 Å². The number of hydrogen-bond donors (Lipinski definition) is 0. The van der Waals surface area contributed by atoms with Crippen LogP contribution in [0.5, 0.6) is 0 Å². The number of rotatable bonds is 9. The molecule has 0 saturated heterocycles. The smallest absolute Gasteiger partial charge is 0.242 e. The predicted octanol–water partition coefficient (Wildman–Crippen LogP) is 6.55. The molecule has 1 heterocycles. The van der Waals surface area contributed by atoms with Crippen LogP contribution in [0, 0.1) is 12.8 Å². The van der Waals surface area contributed by atoms with Crippen LogP contribution < -0.4 is 0 Å². The Hall–Kier alpha value is -2.92. The molecule has 2 saturated carbocycles. The molecule has 2 atom stereocenters. The standard InChI is InChI=1S/C31H36N2O2S/c1-23-17-18-36-29(23)21-32(20-24-11-5-2-6-12-24)30(34)22-33(26-15-9-4-10-16-26)31(35)28-19-27(28)25-13-7-3-8-14-25/h2-3,5-8,11-14,17-18,26-28H,4,9-10,15-16,19-22H2,1H3. The molecule has 1 aromatic heterocycles. The molecule has 0 aliphatic heterocycles. The lowest BCUT2D eigenvalue weighted by Gasteiger charge is -2.36. The Balaban J connectivity index is 1.35. The zero-order valence-corrected chi connectivity index (χ0v) is 22.0. The summed E-state index contributed by atoms with van der Waals surface area (Å²) in [6.07, 6.45) is 6.40. The van der Waals surface area contributed by atoms with E-state index in [1.54, 1.807) is 11.3 Å². The molecule has 0 radical (unpaired) electrons. The number of carbonyl (C=O) groups excluding carboxylic acids is 2. The Bertz CT molecular complexity index is 1150. The molecule has 2 aromatic carbocycles. The van der Waals surface area contributed by atoms with Gasteiger partial charge < -0.3 is 9.80 Å². The number of hydrogen-bond acceptors (Lipinski definition) is 3. The second-order valence-corrected chi connectivity index (χ2v) is 11.4. The summed E-state index contributed by atoms with van der Waals surface area (Å²) in [4.78, 5) is 32.8. The maximum atomic E-state index is 13.9. The SMILES string of the molecule is Cc1ccsc1CN(Cc1ccccc1)C(=O)CN(C(=O)C1CC1c1ccccc1)C1CCCCC1. The van der Waals surface area contributed by atoms with Crippen molar-refractivity contribution in [2.75, 3.05) is 6.54 Å². The van der Waals surface area contributed by atoms with E-state index in [0.717, 1.165) is 37.7 Å². The van der Waals surface area contributed by atoms with E-state index >= 15 is 0 Å². The average molecular weight is 501 g/mol. The van der Waals surface area contributed by atoms with Crippen LogP contribution in [0.25, 0.3) is 0 Å². The van der Waals surface area contributed by atoms with Gasteiger partial charge in [-0.05, 0) is 60.2 Å². The third-order valence-corrected chi connectivity index (χ3v) is 8.82. The van der Waals surface area contributed by atoms with Crippen molar-refractivity contribution in [2.24, 2.45) is 5.92 Å². The monoisotopic (exact) mass is 500 g/mol. The highest BCUT2D eigenvalue weighted by molar-refractivity contribution is 7.10. The number of carbonyl (C=O) groups is 2. The van der Waals surface area contributed by atoms with Crippen LogP contribution in [0.3, 0.4) is 0 Å². The third-order valence-electron chi connectivity index (χ3n) is 7.81. The summed E-state index contributed by atoms with van der Waals surface area (Å²) in [5.74, 6) is 0.511. The minimum atomic E-state index is 0.00393. The lowest BCUT2D eigenvalue weighted by molar-refractivity contribution is -0.144. The summed E-state index contributed by atoms with van der Waals surface area (Å²) in [5.41, 5.74) is 3.57. The van der Waals surface area contributed by atoms with Gasteiger partial charge in [-0.15, -0.1) is 11.3 Å². The van der Waals surface area contributed by atoms with Crippen molar-refractivity contribution in [3.8, 4) is 0 Å². The molecule has 3 aromatic rings. The fourth-order valence-corrected chi connectivity index (χ4v) is 6.47. The van der Waals surface area contributed by atoms with Gasteiger partial charge in [0.15, 0.2) is 0 Å². The Labute approximate surface area is 218 Å². The zero-order valence-electron chi connectivity index (χ0n) is 21.1. The van der Waals surface area contributed by atoms with Gasteiger partial charge in [-0.3, -0.25) is 9.59 Å². The third kappa shape index (κ3) is 5.89. The highest BCUT2D eigenvalue weighted by Gasteiger charge is 2.47. The first-order chi connectivity index (χ1) is 17.6. The molecule has 4 nitrogen and oxygen atoms in total. The molecule has 0 bridgehead atoms. The van der Waals surface area contributed by atoms with Gasteiger partial charge in [-0.2, -0.15) is 0 Å². The van der Waals surface area contributed by atoms with E-state index in [9.17, 15) is 9.59 Å². The average Bonchev–Trinajstić information content (AvgIpc) is 3.63. The van der Waals surface area contributed by atoms with Gasteiger partial charge in [0.2, 0.25) is 11.8 Å². The van der Waals surface area contributed by atoms with Crippen LogP contribution in [0.1, 0.15) is 66.0 Å². The van der Waals surface area contributed by atoms with Crippen LogP contribution >= 0.6 is 11.3 Å². The predicted molar refractivity (Wildman–Crippen MR) is 146 cm³/mol. The van der Waals surface area contributed by atoms with Crippen molar-refractivity contribution in [3.63, 3.8) is 0 Å². The number of thiophene rings is 1. The fraction of sp³-hybridized carbons (Fsp3) is 0.419. The van der Waals surface area contributed by atoms with Crippen LogP contribution in [0.2, 0.25) is 0 Å². The maximum Gasteiger partial charge on any atom is 0.242 e. The van der Waals surface area contributed by atoms with E-state index in [1.165, 1.54) is 22.4 Å². The van der Waals surface area contributed by atoms with Gasteiger partial charge in [0.05, 0.1) is 6.54 Å². The number of nitrogens with zero attached hydrogens (tertiary/aromatic N) is 2. The van der Waals surface area contributed by atoms with E-state index < -0.39 is 0 Å². The highest BCUT2D eigenvalue weighted by atomic mass is 32.1. The van der Waals surface area contributed by atoms with Crippen LogP contribution in [-0.4, -0.2) is 34.2 Å². The largest absolute Gasteiger partial charge is 0.332 e. The van der Waals surface area contributed by atoms with Crippen LogP contribution in [0.15, 0.2) is 72.1 Å².